The lowest BCUT2D eigenvalue weighted by molar-refractivity contribution is 0.120. The second-order valence-corrected chi connectivity index (χ2v) is 7.03. The summed E-state index contributed by atoms with van der Waals surface area (Å²) in [5, 5.41) is 6.85. The summed E-state index contributed by atoms with van der Waals surface area (Å²) in [6, 6.07) is 0. The lowest BCUT2D eigenvalue weighted by atomic mass is 9.97. The van der Waals surface area contributed by atoms with Gasteiger partial charge in [-0.25, -0.2) is 0 Å². The van der Waals surface area contributed by atoms with Crippen molar-refractivity contribution in [3.8, 4) is 0 Å². The fraction of sp³-hybridized carbons (Fsp3) is 0.944. The smallest absolute Gasteiger partial charge is 0.190 e. The maximum absolute atomic E-state index is 5.65. The molecule has 0 spiro atoms. The summed E-state index contributed by atoms with van der Waals surface area (Å²) >= 11 is 0. The molecule has 148 valence electrons. The van der Waals surface area contributed by atoms with Crippen LogP contribution >= 0.6 is 24.0 Å². The molecule has 0 radical (unpaired) electrons. The summed E-state index contributed by atoms with van der Waals surface area (Å²) in [6.45, 7) is 7.99. The molecule has 0 bridgehead atoms. The first-order valence-electron chi connectivity index (χ1n) is 9.55. The normalized spacial score (nSPS) is 19.5. The number of halogens is 1. The zero-order chi connectivity index (χ0) is 17.0. The maximum atomic E-state index is 5.65. The van der Waals surface area contributed by atoms with Crippen molar-refractivity contribution < 1.29 is 9.47 Å². The highest BCUT2D eigenvalue weighted by Crippen LogP contribution is 2.28. The van der Waals surface area contributed by atoms with Crippen LogP contribution in [0, 0.1) is 11.8 Å². The Kier molecular flexibility index (Phi) is 12.8. The highest BCUT2D eigenvalue weighted by atomic mass is 127. The summed E-state index contributed by atoms with van der Waals surface area (Å²) in [6.07, 6.45) is 6.26. The van der Waals surface area contributed by atoms with Crippen molar-refractivity contribution in [2.45, 2.75) is 32.1 Å². The highest BCUT2D eigenvalue weighted by molar-refractivity contribution is 14.0. The first kappa shape index (κ1) is 22.9. The largest absolute Gasteiger partial charge is 0.383 e. The average molecular weight is 468 g/mol. The van der Waals surface area contributed by atoms with Crippen molar-refractivity contribution in [2.24, 2.45) is 16.8 Å². The molecule has 25 heavy (non-hydrogen) atoms. The van der Waals surface area contributed by atoms with E-state index in [0.717, 1.165) is 63.7 Å². The molecule has 1 saturated carbocycles. The Morgan fingerprint density at radius 1 is 1.08 bits per heavy atom. The predicted octanol–water partition coefficient (Wildman–Crippen LogP) is 1.94. The molecule has 2 aliphatic rings. The molecule has 0 aromatic carbocycles. The fourth-order valence-electron chi connectivity index (χ4n) is 3.01. The summed E-state index contributed by atoms with van der Waals surface area (Å²) in [5.41, 5.74) is 0. The number of methoxy groups -OCH3 is 1. The number of ether oxygens (including phenoxy) is 2. The van der Waals surface area contributed by atoms with Gasteiger partial charge < -0.3 is 25.0 Å². The van der Waals surface area contributed by atoms with Crippen molar-refractivity contribution in [1.29, 1.82) is 0 Å². The lowest BCUT2D eigenvalue weighted by Gasteiger charge is -2.32. The first-order chi connectivity index (χ1) is 11.8. The van der Waals surface area contributed by atoms with Crippen molar-refractivity contribution in [3.63, 3.8) is 0 Å². The molecule has 2 fully saturated rings. The Bertz CT molecular complexity index is 359. The molecule has 1 heterocycles. The molecule has 0 amide bonds. The first-order valence-corrected chi connectivity index (χ1v) is 9.55. The van der Waals surface area contributed by atoms with E-state index in [2.05, 4.69) is 20.5 Å². The number of rotatable bonds is 11. The van der Waals surface area contributed by atoms with Gasteiger partial charge in [0, 0.05) is 47.0 Å². The third-order valence-electron chi connectivity index (χ3n) is 4.91. The second kappa shape index (κ2) is 14.0. The number of hydrogen-bond donors (Lipinski definition) is 2. The average Bonchev–Trinajstić information content (AvgIpc) is 3.44. The van der Waals surface area contributed by atoms with Crippen LogP contribution in [0.5, 0.6) is 0 Å². The second-order valence-electron chi connectivity index (χ2n) is 7.03. The summed E-state index contributed by atoms with van der Waals surface area (Å²) in [5.74, 6) is 2.51. The molecule has 6 nitrogen and oxygen atoms in total. The molecule has 2 N–H and O–H groups in total. The minimum absolute atomic E-state index is 0. The van der Waals surface area contributed by atoms with Gasteiger partial charge >= 0.3 is 0 Å². The van der Waals surface area contributed by atoms with Crippen molar-refractivity contribution >= 4 is 29.9 Å². The van der Waals surface area contributed by atoms with Crippen LogP contribution in [-0.4, -0.2) is 77.6 Å². The van der Waals surface area contributed by atoms with E-state index >= 15 is 0 Å². The van der Waals surface area contributed by atoms with E-state index in [1.807, 2.05) is 7.05 Å². The zero-order valence-electron chi connectivity index (χ0n) is 16.0. The zero-order valence-corrected chi connectivity index (χ0v) is 18.3. The molecule has 1 aliphatic heterocycles. The third kappa shape index (κ3) is 10.6. The molecular weight excluding hydrogens is 431 g/mol. The Balaban J connectivity index is 0.00000312. The van der Waals surface area contributed by atoms with E-state index in [4.69, 9.17) is 9.47 Å². The van der Waals surface area contributed by atoms with Crippen LogP contribution in [0.3, 0.4) is 0 Å². The summed E-state index contributed by atoms with van der Waals surface area (Å²) < 4.78 is 10.8. The van der Waals surface area contributed by atoms with Crippen LogP contribution in [0.1, 0.15) is 32.1 Å². The van der Waals surface area contributed by atoms with Crippen LogP contribution in [0.2, 0.25) is 0 Å². The molecule has 0 aromatic rings. The Morgan fingerprint density at radius 2 is 1.84 bits per heavy atom. The number of nitrogens with zero attached hydrogens (tertiary/aromatic N) is 2. The Labute approximate surface area is 170 Å². The van der Waals surface area contributed by atoms with Gasteiger partial charge in [-0.2, -0.15) is 0 Å². The van der Waals surface area contributed by atoms with Gasteiger partial charge in [-0.3, -0.25) is 4.99 Å². The number of aliphatic imine (C=N–C) groups is 1. The predicted molar refractivity (Wildman–Crippen MR) is 114 cm³/mol. The highest BCUT2D eigenvalue weighted by Gasteiger charge is 2.21. The van der Waals surface area contributed by atoms with E-state index < -0.39 is 0 Å². The third-order valence-corrected chi connectivity index (χ3v) is 4.91. The Hall–Kier alpha value is -0.120. The Morgan fingerprint density at radius 3 is 2.48 bits per heavy atom. The topological polar surface area (TPSA) is 58.1 Å². The number of nitrogens with one attached hydrogen (secondary N) is 2. The van der Waals surface area contributed by atoms with Gasteiger partial charge in [0.2, 0.25) is 0 Å². The van der Waals surface area contributed by atoms with Crippen LogP contribution in [0.4, 0.5) is 0 Å². The number of guanidine groups is 1. The quantitative estimate of drug-likeness (QED) is 0.210. The van der Waals surface area contributed by atoms with Crippen LogP contribution in [0.15, 0.2) is 4.99 Å². The van der Waals surface area contributed by atoms with Gasteiger partial charge in [0.1, 0.15) is 0 Å². The van der Waals surface area contributed by atoms with Crippen molar-refractivity contribution in [3.05, 3.63) is 0 Å². The van der Waals surface area contributed by atoms with Gasteiger partial charge in [-0.15, -0.1) is 24.0 Å². The van der Waals surface area contributed by atoms with Gasteiger partial charge in [0.15, 0.2) is 5.96 Å². The molecular formula is C18H37IN4O2. The van der Waals surface area contributed by atoms with E-state index in [1.165, 1.54) is 38.8 Å². The summed E-state index contributed by atoms with van der Waals surface area (Å²) in [7, 11) is 3.61. The van der Waals surface area contributed by atoms with Crippen LogP contribution in [-0.2, 0) is 9.47 Å². The molecule has 0 unspecified atom stereocenters. The molecule has 1 saturated heterocycles. The molecule has 7 heteroatoms. The van der Waals surface area contributed by atoms with E-state index in [9.17, 15) is 0 Å². The van der Waals surface area contributed by atoms with E-state index in [0.29, 0.717) is 0 Å². The number of likely N-dealkylation sites (tertiary alicyclic amines) is 1. The summed E-state index contributed by atoms with van der Waals surface area (Å²) in [4.78, 5) is 6.81. The lowest BCUT2D eigenvalue weighted by Crippen LogP contribution is -2.43. The monoisotopic (exact) mass is 468 g/mol. The minimum Gasteiger partial charge on any atom is -0.383 e. The van der Waals surface area contributed by atoms with Crippen LogP contribution in [0.25, 0.3) is 0 Å². The van der Waals surface area contributed by atoms with Gasteiger partial charge in [0.05, 0.1) is 6.61 Å². The van der Waals surface area contributed by atoms with Crippen molar-refractivity contribution in [2.75, 3.05) is 66.7 Å². The molecule has 2 rings (SSSR count). The van der Waals surface area contributed by atoms with Gasteiger partial charge in [-0.05, 0) is 57.0 Å². The maximum Gasteiger partial charge on any atom is 0.190 e. The van der Waals surface area contributed by atoms with Crippen LogP contribution < -0.4 is 10.6 Å². The molecule has 0 aromatic heterocycles. The standard InChI is InChI=1S/C18H36N4O2.HI/c1-19-18(20-8-3-12-24-15-17-4-5-17)21-14-16-6-9-22(10-7-16)11-13-23-2;/h16-17H,3-15H2,1-2H3,(H2,19,20,21);1H. The van der Waals surface area contributed by atoms with Crippen molar-refractivity contribution in [1.82, 2.24) is 15.5 Å². The molecule has 1 aliphatic carbocycles. The molecule has 0 atom stereocenters. The van der Waals surface area contributed by atoms with Gasteiger partial charge in [-0.1, -0.05) is 0 Å². The fourth-order valence-corrected chi connectivity index (χ4v) is 3.01. The van der Waals surface area contributed by atoms with Gasteiger partial charge in [0.25, 0.3) is 0 Å². The number of hydrogen-bond acceptors (Lipinski definition) is 4. The van der Waals surface area contributed by atoms with E-state index in [1.54, 1.807) is 7.11 Å². The SMILES string of the molecule is CN=C(NCCCOCC1CC1)NCC1CCN(CCOC)CC1.I. The number of piperidine rings is 1. The minimum atomic E-state index is 0. The van der Waals surface area contributed by atoms with E-state index in [-0.39, 0.29) is 24.0 Å².